The lowest BCUT2D eigenvalue weighted by Gasteiger charge is -2.18. The number of nitrogens with zero attached hydrogens (tertiary/aromatic N) is 3. The molecule has 0 aliphatic carbocycles. The molecule has 0 saturated heterocycles. The summed E-state index contributed by atoms with van der Waals surface area (Å²) in [6, 6.07) is 9.68. The van der Waals surface area contributed by atoms with Crippen LogP contribution < -0.4 is 0 Å². The highest BCUT2D eigenvalue weighted by atomic mass is 32.2. The van der Waals surface area contributed by atoms with Crippen molar-refractivity contribution in [2.45, 2.75) is 39.5 Å². The molecule has 0 aliphatic rings. The van der Waals surface area contributed by atoms with Crippen molar-refractivity contribution in [2.75, 3.05) is 19.7 Å². The maximum absolute atomic E-state index is 12.7. The summed E-state index contributed by atoms with van der Waals surface area (Å²) >= 11 is 0. The van der Waals surface area contributed by atoms with Crippen molar-refractivity contribution in [3.8, 4) is 5.82 Å². The SMILES string of the molecule is CCN(CC)S(=O)(=O)c1ccc(/C=C/C(=O)OCC(=O)c2cc(C)n(-c3cc(C)on3)c2C)cc1. The second-order valence-electron chi connectivity index (χ2n) is 7.94. The summed E-state index contributed by atoms with van der Waals surface area (Å²) < 4.78 is 38.5. The molecular weight excluding hydrogens is 470 g/mol. The van der Waals surface area contributed by atoms with Gasteiger partial charge in [0.25, 0.3) is 0 Å². The average molecular weight is 500 g/mol. The van der Waals surface area contributed by atoms with Gasteiger partial charge < -0.3 is 9.26 Å². The van der Waals surface area contributed by atoms with Gasteiger partial charge in [-0.3, -0.25) is 9.36 Å². The van der Waals surface area contributed by atoms with Crippen LogP contribution in [0.15, 0.2) is 51.9 Å². The molecule has 2 heterocycles. The summed E-state index contributed by atoms with van der Waals surface area (Å²) in [6.45, 7) is 9.34. The number of hydrogen-bond donors (Lipinski definition) is 0. The van der Waals surface area contributed by atoms with Gasteiger partial charge in [-0.1, -0.05) is 31.1 Å². The third-order valence-electron chi connectivity index (χ3n) is 5.56. The van der Waals surface area contributed by atoms with Crippen LogP contribution >= 0.6 is 0 Å². The molecule has 9 nitrogen and oxygen atoms in total. The second-order valence-corrected chi connectivity index (χ2v) is 9.88. The Hall–Kier alpha value is -3.50. The minimum absolute atomic E-state index is 0.185. The molecule has 2 aromatic heterocycles. The number of ketones is 1. The fraction of sp³-hybridized carbons (Fsp3) is 0.320. The standard InChI is InChI=1S/C25H29N3O6S/c1-6-27(7-2)35(31,32)21-11-8-20(9-12-21)10-13-25(30)33-16-23(29)22-14-17(3)28(19(22)5)24-15-18(4)34-26-24/h8-15H,6-7,16H2,1-5H3/b13-10+. The number of carbonyl (C=O) groups excluding carboxylic acids is 2. The van der Waals surface area contributed by atoms with E-state index in [4.69, 9.17) is 9.26 Å². The Balaban J connectivity index is 1.62. The van der Waals surface area contributed by atoms with Crippen LogP contribution in [-0.2, 0) is 19.6 Å². The first-order valence-electron chi connectivity index (χ1n) is 11.2. The van der Waals surface area contributed by atoms with Gasteiger partial charge in [0.05, 0.1) is 4.90 Å². The molecule has 0 radical (unpaired) electrons. The zero-order valence-corrected chi connectivity index (χ0v) is 21.3. The molecule has 35 heavy (non-hydrogen) atoms. The molecule has 0 N–H and O–H groups in total. The first-order chi connectivity index (χ1) is 16.6. The number of sulfonamides is 1. The number of esters is 1. The van der Waals surface area contributed by atoms with Crippen LogP contribution in [0.25, 0.3) is 11.9 Å². The lowest BCUT2D eigenvalue weighted by molar-refractivity contribution is -0.136. The summed E-state index contributed by atoms with van der Waals surface area (Å²) in [5.74, 6) is 0.213. The first-order valence-corrected chi connectivity index (χ1v) is 12.6. The van der Waals surface area contributed by atoms with Gasteiger partial charge in [-0.15, -0.1) is 0 Å². The van der Waals surface area contributed by atoms with Crippen LogP contribution in [0, 0.1) is 20.8 Å². The van der Waals surface area contributed by atoms with Crippen LogP contribution in [0.2, 0.25) is 0 Å². The predicted octanol–water partition coefficient (Wildman–Crippen LogP) is 3.86. The van der Waals surface area contributed by atoms with Crippen molar-refractivity contribution in [3.05, 3.63) is 70.7 Å². The molecule has 1 aromatic carbocycles. The molecule has 186 valence electrons. The molecule has 0 aliphatic heterocycles. The van der Waals surface area contributed by atoms with Crippen molar-refractivity contribution < 1.29 is 27.3 Å². The molecule has 0 amide bonds. The van der Waals surface area contributed by atoms with E-state index in [1.165, 1.54) is 28.6 Å². The minimum atomic E-state index is -3.55. The summed E-state index contributed by atoms with van der Waals surface area (Å²) in [5, 5.41) is 3.99. The van der Waals surface area contributed by atoms with Gasteiger partial charge >= 0.3 is 5.97 Å². The highest BCUT2D eigenvalue weighted by Gasteiger charge is 2.21. The third kappa shape index (κ3) is 5.77. The number of aromatic nitrogens is 2. The predicted molar refractivity (Wildman–Crippen MR) is 131 cm³/mol. The Morgan fingerprint density at radius 2 is 1.74 bits per heavy atom. The molecule has 0 unspecified atom stereocenters. The average Bonchev–Trinajstić information content (AvgIpc) is 3.38. The maximum atomic E-state index is 12.7. The van der Waals surface area contributed by atoms with Crippen LogP contribution in [-0.4, -0.2) is 53.9 Å². The van der Waals surface area contributed by atoms with Gasteiger partial charge in [0.15, 0.2) is 12.4 Å². The second kappa shape index (κ2) is 10.8. The lowest BCUT2D eigenvalue weighted by Crippen LogP contribution is -2.30. The molecule has 3 aromatic rings. The van der Waals surface area contributed by atoms with E-state index in [-0.39, 0.29) is 10.7 Å². The molecule has 0 spiro atoms. The molecular formula is C25H29N3O6S. The number of carbonyl (C=O) groups is 2. The minimum Gasteiger partial charge on any atom is -0.454 e. The van der Waals surface area contributed by atoms with E-state index < -0.39 is 22.6 Å². The summed E-state index contributed by atoms with van der Waals surface area (Å²) in [5.41, 5.74) is 2.53. The topological polar surface area (TPSA) is 112 Å². The molecule has 0 saturated carbocycles. The van der Waals surface area contributed by atoms with Crippen molar-refractivity contribution in [2.24, 2.45) is 0 Å². The highest BCUT2D eigenvalue weighted by molar-refractivity contribution is 7.89. The van der Waals surface area contributed by atoms with Gasteiger partial charge in [-0.2, -0.15) is 4.31 Å². The Bertz CT molecular complexity index is 1350. The number of benzene rings is 1. The van der Waals surface area contributed by atoms with E-state index in [1.54, 1.807) is 56.5 Å². The number of rotatable bonds is 10. The van der Waals surface area contributed by atoms with Crippen molar-refractivity contribution in [1.29, 1.82) is 0 Å². The smallest absolute Gasteiger partial charge is 0.331 e. The third-order valence-corrected chi connectivity index (χ3v) is 7.62. The Morgan fingerprint density at radius 1 is 1.09 bits per heavy atom. The fourth-order valence-corrected chi connectivity index (χ4v) is 5.20. The van der Waals surface area contributed by atoms with Crippen LogP contribution in [0.1, 0.15) is 46.9 Å². The fourth-order valence-electron chi connectivity index (χ4n) is 3.75. The molecule has 10 heteroatoms. The summed E-state index contributed by atoms with van der Waals surface area (Å²) in [6.07, 6.45) is 2.70. The van der Waals surface area contributed by atoms with E-state index in [0.29, 0.717) is 41.5 Å². The number of hydrogen-bond acceptors (Lipinski definition) is 7. The number of ether oxygens (including phenoxy) is 1. The molecule has 0 bridgehead atoms. The van der Waals surface area contributed by atoms with Crippen LogP contribution in [0.3, 0.4) is 0 Å². The first kappa shape index (κ1) is 26.1. The molecule has 0 atom stereocenters. The van der Waals surface area contributed by atoms with Crippen molar-refractivity contribution >= 4 is 27.9 Å². The van der Waals surface area contributed by atoms with Gasteiger partial charge in [0.2, 0.25) is 15.8 Å². The largest absolute Gasteiger partial charge is 0.454 e. The Labute approximate surface area is 205 Å². The zero-order valence-electron chi connectivity index (χ0n) is 20.4. The van der Waals surface area contributed by atoms with E-state index in [2.05, 4.69) is 5.16 Å². The number of Topliss-reactive ketones (excluding diaryl/α,β-unsaturated/α-hetero) is 1. The van der Waals surface area contributed by atoms with E-state index in [1.807, 2.05) is 6.92 Å². The molecule has 0 fully saturated rings. The van der Waals surface area contributed by atoms with Gasteiger partial charge in [-0.05, 0) is 50.6 Å². The number of aryl methyl sites for hydroxylation is 2. The normalized spacial score (nSPS) is 11.9. The van der Waals surface area contributed by atoms with Crippen molar-refractivity contribution in [3.63, 3.8) is 0 Å². The zero-order chi connectivity index (χ0) is 25.8. The van der Waals surface area contributed by atoms with Gasteiger partial charge in [0, 0.05) is 42.2 Å². The van der Waals surface area contributed by atoms with E-state index in [0.717, 1.165) is 5.69 Å². The Kier molecular flexibility index (Phi) is 8.08. The van der Waals surface area contributed by atoms with E-state index >= 15 is 0 Å². The van der Waals surface area contributed by atoms with Gasteiger partial charge in [0.1, 0.15) is 5.76 Å². The Morgan fingerprint density at radius 3 is 2.31 bits per heavy atom. The summed E-state index contributed by atoms with van der Waals surface area (Å²) in [7, 11) is -3.55. The monoisotopic (exact) mass is 499 g/mol. The van der Waals surface area contributed by atoms with Crippen molar-refractivity contribution in [1.82, 2.24) is 14.0 Å². The van der Waals surface area contributed by atoms with E-state index in [9.17, 15) is 18.0 Å². The van der Waals surface area contributed by atoms with Gasteiger partial charge in [-0.25, -0.2) is 13.2 Å². The highest BCUT2D eigenvalue weighted by Crippen LogP contribution is 2.21. The summed E-state index contributed by atoms with van der Waals surface area (Å²) in [4.78, 5) is 25.0. The van der Waals surface area contributed by atoms with Crippen LogP contribution in [0.4, 0.5) is 0 Å². The quantitative estimate of drug-likeness (QED) is 0.237. The molecule has 3 rings (SSSR count). The van der Waals surface area contributed by atoms with Crippen LogP contribution in [0.5, 0.6) is 0 Å². The lowest BCUT2D eigenvalue weighted by atomic mass is 10.1. The maximum Gasteiger partial charge on any atom is 0.331 e.